The third-order valence-electron chi connectivity index (χ3n) is 1.58. The largest absolute Gasteiger partial charge is 1.00 e. The molecule has 0 saturated carbocycles. The average Bonchev–Trinajstić information content (AvgIpc) is 1.99. The summed E-state index contributed by atoms with van der Waals surface area (Å²) < 4.78 is 30.2. The molecule has 0 unspecified atom stereocenters. The summed E-state index contributed by atoms with van der Waals surface area (Å²) in [6, 6.07) is 1.47. The zero-order valence-electron chi connectivity index (χ0n) is 8.17. The van der Waals surface area contributed by atoms with Crippen molar-refractivity contribution in [1.29, 1.82) is 0 Å². The molecule has 0 atom stereocenters. The Morgan fingerprint density at radius 2 is 1.88 bits per heavy atom. The molecule has 7 nitrogen and oxygen atoms in total. The molecule has 1 rings (SSSR count). The van der Waals surface area contributed by atoms with Crippen LogP contribution in [0.3, 0.4) is 0 Å². The van der Waals surface area contributed by atoms with Gasteiger partial charge in [-0.15, -0.1) is 0 Å². The summed E-state index contributed by atoms with van der Waals surface area (Å²) in [5.74, 6) is -2.82. The molecule has 1 aromatic rings. The van der Waals surface area contributed by atoms with E-state index in [0.29, 0.717) is 6.07 Å². The maximum Gasteiger partial charge on any atom is 1.00 e. The number of benzene rings is 1. The van der Waals surface area contributed by atoms with E-state index in [1.54, 1.807) is 0 Å². The standard InChI is InChI=1S/C7H7NO6S.Li/c8-3-1-4(9)6(7(10)11)5(2-3)15(12,13)14;/h1-2,9H,8H2,(H,10,11)(H,12,13,14);/q;+1/p-1. The van der Waals surface area contributed by atoms with Gasteiger partial charge in [0, 0.05) is 5.69 Å². The number of aromatic carboxylic acids is 1. The van der Waals surface area contributed by atoms with Gasteiger partial charge in [0.1, 0.15) is 4.90 Å². The molecule has 16 heavy (non-hydrogen) atoms. The minimum atomic E-state index is -4.78. The number of carboxylic acid groups (broad SMARTS) is 1. The third kappa shape index (κ3) is 2.90. The minimum Gasteiger partial charge on any atom is -0.872 e. The van der Waals surface area contributed by atoms with E-state index in [1.165, 1.54) is 0 Å². The van der Waals surface area contributed by atoms with E-state index >= 15 is 0 Å². The molecule has 0 radical (unpaired) electrons. The minimum absolute atomic E-state index is 0. The SMILES string of the molecule is Nc1cc([O-])c(C(=O)O)c(S(=O)(=O)O)c1.[Li+]. The smallest absolute Gasteiger partial charge is 0.872 e. The van der Waals surface area contributed by atoms with E-state index in [-0.39, 0.29) is 24.5 Å². The van der Waals surface area contributed by atoms with E-state index in [9.17, 15) is 18.3 Å². The fourth-order valence-corrected chi connectivity index (χ4v) is 1.76. The molecule has 0 amide bonds. The van der Waals surface area contributed by atoms with Gasteiger partial charge in [0.2, 0.25) is 0 Å². The van der Waals surface area contributed by atoms with Gasteiger partial charge in [-0.3, -0.25) is 4.55 Å². The number of hydrogen-bond donors (Lipinski definition) is 3. The van der Waals surface area contributed by atoms with Crippen molar-refractivity contribution in [3.8, 4) is 5.75 Å². The topological polar surface area (TPSA) is 141 Å². The Morgan fingerprint density at radius 3 is 2.25 bits per heavy atom. The summed E-state index contributed by atoms with van der Waals surface area (Å²) in [6.45, 7) is 0. The first-order chi connectivity index (χ1) is 6.73. The predicted octanol–water partition coefficient (Wildman–Crippen LogP) is -3.71. The van der Waals surface area contributed by atoms with E-state index in [2.05, 4.69) is 0 Å². The molecule has 0 aromatic heterocycles. The summed E-state index contributed by atoms with van der Waals surface area (Å²) in [6.07, 6.45) is 0. The second kappa shape index (κ2) is 4.76. The molecule has 0 spiro atoms. The predicted molar refractivity (Wildman–Crippen MR) is 47.1 cm³/mol. The van der Waals surface area contributed by atoms with Gasteiger partial charge in [-0.05, 0) is 12.1 Å². The fourth-order valence-electron chi connectivity index (χ4n) is 1.02. The molecule has 0 aliphatic heterocycles. The van der Waals surface area contributed by atoms with Crippen molar-refractivity contribution in [2.24, 2.45) is 0 Å². The van der Waals surface area contributed by atoms with Crippen LogP contribution in [0.5, 0.6) is 5.75 Å². The molecule has 1 aromatic carbocycles. The Kier molecular flexibility index (Phi) is 4.40. The number of rotatable bonds is 2. The summed E-state index contributed by atoms with van der Waals surface area (Å²) in [4.78, 5) is 9.58. The Labute approximate surface area is 103 Å². The van der Waals surface area contributed by atoms with Gasteiger partial charge in [-0.1, -0.05) is 5.75 Å². The molecule has 9 heteroatoms. The zero-order chi connectivity index (χ0) is 11.8. The number of carbonyl (C=O) groups is 1. The van der Waals surface area contributed by atoms with E-state index in [4.69, 9.17) is 15.4 Å². The van der Waals surface area contributed by atoms with Gasteiger partial charge < -0.3 is 15.9 Å². The van der Waals surface area contributed by atoms with Crippen LogP contribution in [0.15, 0.2) is 17.0 Å². The number of hydrogen-bond acceptors (Lipinski definition) is 5. The number of nitrogen functional groups attached to an aromatic ring is 1. The van der Waals surface area contributed by atoms with Gasteiger partial charge in [0.15, 0.2) is 0 Å². The van der Waals surface area contributed by atoms with Crippen LogP contribution in [0, 0.1) is 0 Å². The molecule has 0 aliphatic carbocycles. The van der Waals surface area contributed by atoms with Gasteiger partial charge in [0.05, 0.1) is 5.56 Å². The van der Waals surface area contributed by atoms with Crippen molar-refractivity contribution in [3.63, 3.8) is 0 Å². The van der Waals surface area contributed by atoms with Crippen LogP contribution >= 0.6 is 0 Å². The summed E-state index contributed by atoms with van der Waals surface area (Å²) in [5.41, 5.74) is 3.90. The molecular weight excluding hydrogens is 233 g/mol. The maximum absolute atomic E-state index is 11.1. The van der Waals surface area contributed by atoms with Gasteiger partial charge in [-0.25, -0.2) is 4.79 Å². The first kappa shape index (κ1) is 14.8. The summed E-state index contributed by atoms with van der Waals surface area (Å²) >= 11 is 0. The molecule has 0 saturated heterocycles. The third-order valence-corrected chi connectivity index (χ3v) is 2.46. The Hall–Kier alpha value is -1.20. The summed E-state index contributed by atoms with van der Waals surface area (Å²) in [5, 5.41) is 19.7. The summed E-state index contributed by atoms with van der Waals surface area (Å²) in [7, 11) is -4.78. The van der Waals surface area contributed by atoms with Crippen LogP contribution in [0.4, 0.5) is 5.69 Å². The quantitative estimate of drug-likeness (QED) is 0.274. The average molecular weight is 239 g/mol. The molecule has 0 aliphatic rings. The number of anilines is 1. The fraction of sp³-hybridized carbons (Fsp3) is 0. The van der Waals surface area contributed by atoms with Crippen molar-refractivity contribution in [3.05, 3.63) is 17.7 Å². The van der Waals surface area contributed by atoms with Gasteiger partial charge in [-0.2, -0.15) is 8.42 Å². The molecule has 0 fully saturated rings. The van der Waals surface area contributed by atoms with Crippen LogP contribution in [-0.2, 0) is 10.1 Å². The van der Waals surface area contributed by atoms with Crippen LogP contribution in [-0.4, -0.2) is 24.0 Å². The Morgan fingerprint density at radius 1 is 1.38 bits per heavy atom. The first-order valence-corrected chi connectivity index (χ1v) is 4.99. The van der Waals surface area contributed by atoms with Crippen molar-refractivity contribution < 1.29 is 46.8 Å². The van der Waals surface area contributed by atoms with Crippen molar-refractivity contribution >= 4 is 21.8 Å². The van der Waals surface area contributed by atoms with E-state index in [1.807, 2.05) is 0 Å². The Bertz CT molecular complexity index is 526. The molecule has 0 bridgehead atoms. The van der Waals surface area contributed by atoms with Gasteiger partial charge >= 0.3 is 24.8 Å². The van der Waals surface area contributed by atoms with E-state index < -0.39 is 32.3 Å². The first-order valence-electron chi connectivity index (χ1n) is 3.55. The van der Waals surface area contributed by atoms with E-state index in [0.717, 1.165) is 6.07 Å². The molecule has 4 N–H and O–H groups in total. The number of carboxylic acids is 1. The zero-order valence-corrected chi connectivity index (χ0v) is 8.98. The van der Waals surface area contributed by atoms with Crippen molar-refractivity contribution in [2.45, 2.75) is 4.90 Å². The number of nitrogens with two attached hydrogens (primary N) is 1. The maximum atomic E-state index is 11.1. The van der Waals surface area contributed by atoms with Crippen molar-refractivity contribution in [1.82, 2.24) is 0 Å². The monoisotopic (exact) mass is 239 g/mol. The molecule has 82 valence electrons. The molecule has 0 heterocycles. The van der Waals surface area contributed by atoms with Crippen LogP contribution in [0.25, 0.3) is 0 Å². The Balaban J connectivity index is 0.00000225. The van der Waals surface area contributed by atoms with Crippen molar-refractivity contribution in [2.75, 3.05) is 5.73 Å². The van der Waals surface area contributed by atoms with Gasteiger partial charge in [0.25, 0.3) is 10.1 Å². The van der Waals surface area contributed by atoms with Crippen LogP contribution < -0.4 is 29.7 Å². The second-order valence-electron chi connectivity index (χ2n) is 2.67. The second-order valence-corrected chi connectivity index (χ2v) is 4.06. The normalized spacial score (nSPS) is 10.6. The van der Waals surface area contributed by atoms with Crippen LogP contribution in [0.1, 0.15) is 10.4 Å². The molecular formula is C7H6LiNO6S. The van der Waals surface area contributed by atoms with Crippen LogP contribution in [0.2, 0.25) is 0 Å².